The maximum atomic E-state index is 13.7. The summed E-state index contributed by atoms with van der Waals surface area (Å²) in [4.78, 5) is 14.3. The number of halogens is 2. The minimum atomic E-state index is -0.615. The van der Waals surface area contributed by atoms with Crippen molar-refractivity contribution < 1.29 is 13.9 Å². The molecule has 0 bridgehead atoms. The van der Waals surface area contributed by atoms with E-state index in [2.05, 4.69) is 15.5 Å². The lowest BCUT2D eigenvalue weighted by molar-refractivity contribution is 0.0974. The highest BCUT2D eigenvalue weighted by Gasteiger charge is 2.17. The van der Waals surface area contributed by atoms with E-state index in [9.17, 15) is 9.18 Å². The molecule has 8 heteroatoms. The Kier molecular flexibility index (Phi) is 6.03. The van der Waals surface area contributed by atoms with Gasteiger partial charge >= 0.3 is 0 Å². The summed E-state index contributed by atoms with van der Waals surface area (Å²) in [5.41, 5.74) is 1.49. The lowest BCUT2D eigenvalue weighted by Gasteiger charge is -2.30. The standard InChI is InChI=1S/C18H17ClFN3O2S/c19-12-5-6-16(23-7-9-25-10-8-23)15(11-12)21-18(26)22-17(24)13-3-1-2-4-14(13)20/h1-6,11H,7-10H2,(H2,21,22,24,26). The van der Waals surface area contributed by atoms with E-state index in [0.717, 1.165) is 18.8 Å². The van der Waals surface area contributed by atoms with Gasteiger partial charge in [-0.2, -0.15) is 0 Å². The first kappa shape index (κ1) is 18.6. The first-order valence-electron chi connectivity index (χ1n) is 8.04. The summed E-state index contributed by atoms with van der Waals surface area (Å²) in [6.45, 7) is 2.75. The van der Waals surface area contributed by atoms with E-state index in [1.165, 1.54) is 18.2 Å². The molecule has 1 saturated heterocycles. The highest BCUT2D eigenvalue weighted by Crippen LogP contribution is 2.29. The van der Waals surface area contributed by atoms with Crippen molar-refractivity contribution in [2.24, 2.45) is 0 Å². The van der Waals surface area contributed by atoms with Crippen molar-refractivity contribution in [1.82, 2.24) is 5.32 Å². The van der Waals surface area contributed by atoms with Crippen LogP contribution in [0.5, 0.6) is 0 Å². The lowest BCUT2D eigenvalue weighted by Crippen LogP contribution is -2.38. The fourth-order valence-corrected chi connectivity index (χ4v) is 3.03. The predicted molar refractivity (Wildman–Crippen MR) is 105 cm³/mol. The molecule has 1 fully saturated rings. The van der Waals surface area contributed by atoms with E-state index >= 15 is 0 Å². The summed E-state index contributed by atoms with van der Waals surface area (Å²) in [5.74, 6) is -1.22. The van der Waals surface area contributed by atoms with Crippen molar-refractivity contribution in [1.29, 1.82) is 0 Å². The number of thiocarbonyl (C=S) groups is 1. The summed E-state index contributed by atoms with van der Waals surface area (Å²) >= 11 is 11.3. The van der Waals surface area contributed by atoms with Crippen LogP contribution < -0.4 is 15.5 Å². The van der Waals surface area contributed by atoms with Crippen LogP contribution in [0.15, 0.2) is 42.5 Å². The molecule has 0 spiro atoms. The maximum Gasteiger partial charge on any atom is 0.260 e. The quantitative estimate of drug-likeness (QED) is 0.782. The highest BCUT2D eigenvalue weighted by atomic mass is 35.5. The van der Waals surface area contributed by atoms with Crippen LogP contribution in [0.25, 0.3) is 0 Å². The third kappa shape index (κ3) is 4.49. The van der Waals surface area contributed by atoms with Crippen molar-refractivity contribution in [3.8, 4) is 0 Å². The minimum absolute atomic E-state index is 0.0648. The van der Waals surface area contributed by atoms with Crippen LogP contribution in [0.2, 0.25) is 5.02 Å². The molecule has 136 valence electrons. The van der Waals surface area contributed by atoms with Gasteiger partial charge < -0.3 is 15.0 Å². The van der Waals surface area contributed by atoms with Gasteiger partial charge in [-0.1, -0.05) is 23.7 Å². The molecule has 5 nitrogen and oxygen atoms in total. The van der Waals surface area contributed by atoms with Gasteiger partial charge in [0.2, 0.25) is 0 Å². The Morgan fingerprint density at radius 2 is 1.92 bits per heavy atom. The number of carbonyl (C=O) groups excluding carboxylic acids is 1. The molecule has 0 radical (unpaired) electrons. The number of amides is 1. The van der Waals surface area contributed by atoms with Crippen molar-refractivity contribution in [2.45, 2.75) is 0 Å². The third-order valence-corrected chi connectivity index (χ3v) is 4.34. The second kappa shape index (κ2) is 8.44. The summed E-state index contributed by atoms with van der Waals surface area (Å²) in [5, 5.41) is 6.07. The topological polar surface area (TPSA) is 53.6 Å². The molecule has 0 atom stereocenters. The van der Waals surface area contributed by atoms with E-state index in [1.807, 2.05) is 6.07 Å². The van der Waals surface area contributed by atoms with Gasteiger partial charge in [0.25, 0.3) is 5.91 Å². The summed E-state index contributed by atoms with van der Waals surface area (Å²) in [6, 6.07) is 11.1. The Hall–Kier alpha value is -2.22. The molecular weight excluding hydrogens is 377 g/mol. The number of nitrogens with zero attached hydrogens (tertiary/aromatic N) is 1. The summed E-state index contributed by atoms with van der Waals surface area (Å²) < 4.78 is 19.1. The zero-order valence-corrected chi connectivity index (χ0v) is 15.4. The van der Waals surface area contributed by atoms with Crippen LogP contribution in [0.4, 0.5) is 15.8 Å². The molecule has 0 saturated carbocycles. The van der Waals surface area contributed by atoms with Gasteiger partial charge in [-0.15, -0.1) is 0 Å². The van der Waals surface area contributed by atoms with Crippen LogP contribution >= 0.6 is 23.8 Å². The van der Waals surface area contributed by atoms with Gasteiger partial charge in [-0.3, -0.25) is 10.1 Å². The van der Waals surface area contributed by atoms with Crippen LogP contribution in [0.3, 0.4) is 0 Å². The number of carbonyl (C=O) groups is 1. The second-order valence-corrected chi connectivity index (χ2v) is 6.49. The number of hydrogen-bond donors (Lipinski definition) is 2. The zero-order chi connectivity index (χ0) is 18.5. The van der Waals surface area contributed by atoms with Crippen LogP contribution in [0, 0.1) is 5.82 Å². The van der Waals surface area contributed by atoms with Crippen LogP contribution in [-0.4, -0.2) is 37.3 Å². The van der Waals surface area contributed by atoms with Gasteiger partial charge in [0.15, 0.2) is 5.11 Å². The Labute approximate surface area is 161 Å². The average Bonchev–Trinajstić information content (AvgIpc) is 2.62. The average molecular weight is 394 g/mol. The molecule has 1 heterocycles. The Morgan fingerprint density at radius 1 is 1.19 bits per heavy atom. The van der Waals surface area contributed by atoms with Crippen molar-refractivity contribution in [2.75, 3.05) is 36.5 Å². The number of nitrogens with one attached hydrogen (secondary N) is 2. The SMILES string of the molecule is O=C(NC(=S)Nc1cc(Cl)ccc1N1CCOCC1)c1ccccc1F. The molecule has 1 aliphatic heterocycles. The fourth-order valence-electron chi connectivity index (χ4n) is 2.66. The molecule has 2 aromatic carbocycles. The van der Waals surface area contributed by atoms with Crippen LogP contribution in [0.1, 0.15) is 10.4 Å². The van der Waals surface area contributed by atoms with Gasteiger partial charge in [-0.25, -0.2) is 4.39 Å². The lowest BCUT2D eigenvalue weighted by atomic mass is 10.2. The molecule has 3 rings (SSSR count). The largest absolute Gasteiger partial charge is 0.378 e. The first-order valence-corrected chi connectivity index (χ1v) is 8.82. The maximum absolute atomic E-state index is 13.7. The van der Waals surface area contributed by atoms with Gasteiger partial charge in [0, 0.05) is 18.1 Å². The van der Waals surface area contributed by atoms with E-state index < -0.39 is 11.7 Å². The predicted octanol–water partition coefficient (Wildman–Crippen LogP) is 3.44. The normalized spacial score (nSPS) is 14.0. The fraction of sp³-hybridized carbons (Fsp3) is 0.222. The molecule has 26 heavy (non-hydrogen) atoms. The number of benzene rings is 2. The number of morpholine rings is 1. The summed E-state index contributed by atoms with van der Waals surface area (Å²) in [7, 11) is 0. The van der Waals surface area contributed by atoms with Crippen molar-refractivity contribution in [3.63, 3.8) is 0 Å². The molecule has 0 unspecified atom stereocenters. The third-order valence-electron chi connectivity index (χ3n) is 3.90. The first-order chi connectivity index (χ1) is 12.5. The van der Waals surface area contributed by atoms with Crippen molar-refractivity contribution in [3.05, 3.63) is 58.9 Å². The highest BCUT2D eigenvalue weighted by molar-refractivity contribution is 7.80. The van der Waals surface area contributed by atoms with E-state index in [4.69, 9.17) is 28.6 Å². The monoisotopic (exact) mass is 393 g/mol. The minimum Gasteiger partial charge on any atom is -0.378 e. The summed E-state index contributed by atoms with van der Waals surface area (Å²) in [6.07, 6.45) is 0. The van der Waals surface area contributed by atoms with Crippen molar-refractivity contribution >= 4 is 46.2 Å². The molecule has 1 amide bonds. The molecule has 1 aliphatic rings. The number of ether oxygens (including phenoxy) is 1. The van der Waals surface area contributed by atoms with Crippen LogP contribution in [-0.2, 0) is 4.74 Å². The second-order valence-electron chi connectivity index (χ2n) is 5.65. The molecule has 2 aromatic rings. The zero-order valence-electron chi connectivity index (χ0n) is 13.8. The Balaban J connectivity index is 1.73. The molecule has 0 aromatic heterocycles. The Bertz CT molecular complexity index is 828. The number of anilines is 2. The van der Waals surface area contributed by atoms with Gasteiger partial charge in [0.05, 0.1) is 30.2 Å². The van der Waals surface area contributed by atoms with Gasteiger partial charge in [-0.05, 0) is 42.5 Å². The van der Waals surface area contributed by atoms with Gasteiger partial charge in [0.1, 0.15) is 5.82 Å². The smallest absolute Gasteiger partial charge is 0.260 e. The number of hydrogen-bond acceptors (Lipinski definition) is 4. The van der Waals surface area contributed by atoms with E-state index in [0.29, 0.717) is 23.9 Å². The molecule has 2 N–H and O–H groups in total. The Morgan fingerprint density at radius 3 is 2.65 bits per heavy atom. The molecule has 0 aliphatic carbocycles. The van der Waals surface area contributed by atoms with E-state index in [-0.39, 0.29) is 10.7 Å². The van der Waals surface area contributed by atoms with E-state index in [1.54, 1.807) is 18.2 Å². The molecular formula is C18H17ClFN3O2S. The number of rotatable bonds is 3.